The second-order valence-electron chi connectivity index (χ2n) is 7.37. The molecular weight excluding hydrogens is 329 g/mol. The molecule has 0 radical (unpaired) electrons. The van der Waals surface area contributed by atoms with Crippen LogP contribution in [0.2, 0.25) is 0 Å². The van der Waals surface area contributed by atoms with Gasteiger partial charge in [-0.05, 0) is 55.8 Å². The number of carbonyl (C=O) groups is 1. The highest BCUT2D eigenvalue weighted by Crippen LogP contribution is 2.53. The zero-order chi connectivity index (χ0) is 17.2. The van der Waals surface area contributed by atoms with Gasteiger partial charge in [-0.3, -0.25) is 4.79 Å². The number of rotatable bonds is 2. The van der Waals surface area contributed by atoms with Crippen LogP contribution in [0.25, 0.3) is 0 Å². The van der Waals surface area contributed by atoms with Gasteiger partial charge in [0.1, 0.15) is 5.56 Å². The summed E-state index contributed by atoms with van der Waals surface area (Å²) in [5.41, 5.74) is -1.39. The quantitative estimate of drug-likeness (QED) is 0.491. The molecule has 2 nitrogen and oxygen atoms in total. The fourth-order valence-corrected chi connectivity index (χ4v) is 5.19. The fourth-order valence-electron chi connectivity index (χ4n) is 5.19. The normalized spacial score (nSPS) is 33.8. The van der Waals surface area contributed by atoms with Crippen LogP contribution in [0.15, 0.2) is 0 Å². The average molecular weight is 345 g/mol. The van der Waals surface area contributed by atoms with E-state index in [2.05, 4.69) is 5.32 Å². The number of carbonyl (C=O) groups excluding carboxylic acids is 1. The van der Waals surface area contributed by atoms with Gasteiger partial charge in [0.15, 0.2) is 23.3 Å². The Morgan fingerprint density at radius 1 is 0.708 bits per heavy atom. The van der Waals surface area contributed by atoms with Crippen molar-refractivity contribution in [1.82, 2.24) is 5.32 Å². The first-order valence-corrected chi connectivity index (χ1v) is 8.19. The Balaban J connectivity index is 1.62. The summed E-state index contributed by atoms with van der Waals surface area (Å²) in [4.78, 5) is 12.2. The number of halogens is 5. The molecule has 4 bridgehead atoms. The summed E-state index contributed by atoms with van der Waals surface area (Å²) in [7, 11) is 0. The molecule has 0 heterocycles. The second-order valence-corrected chi connectivity index (χ2v) is 7.37. The number of benzene rings is 1. The SMILES string of the molecule is O=C(NC1C2CC3CC(C2)CC1C3)c1c(F)c(F)c(F)c(F)c1F. The highest BCUT2D eigenvalue weighted by Gasteiger charge is 2.49. The van der Waals surface area contributed by atoms with Crippen molar-refractivity contribution in [2.45, 2.75) is 38.1 Å². The molecule has 1 N–H and O–H groups in total. The van der Waals surface area contributed by atoms with E-state index in [0.29, 0.717) is 11.8 Å². The Morgan fingerprint density at radius 3 is 1.58 bits per heavy atom. The Hall–Kier alpha value is -1.66. The maximum atomic E-state index is 13.8. The van der Waals surface area contributed by atoms with E-state index in [1.54, 1.807) is 0 Å². The molecule has 1 amide bonds. The van der Waals surface area contributed by atoms with E-state index >= 15 is 0 Å². The van der Waals surface area contributed by atoms with Gasteiger partial charge in [0.25, 0.3) is 5.91 Å². The van der Waals surface area contributed by atoms with E-state index in [9.17, 15) is 26.7 Å². The van der Waals surface area contributed by atoms with Crippen molar-refractivity contribution in [2.24, 2.45) is 23.7 Å². The first kappa shape index (κ1) is 15.8. The minimum atomic E-state index is -2.25. The van der Waals surface area contributed by atoms with Gasteiger partial charge in [-0.25, -0.2) is 22.0 Å². The van der Waals surface area contributed by atoms with E-state index in [4.69, 9.17) is 0 Å². The van der Waals surface area contributed by atoms with Gasteiger partial charge >= 0.3 is 0 Å². The molecule has 4 aliphatic rings. The topological polar surface area (TPSA) is 29.1 Å². The molecule has 0 atom stereocenters. The molecule has 5 rings (SSSR count). The molecule has 0 unspecified atom stereocenters. The summed E-state index contributed by atoms with van der Waals surface area (Å²) in [5.74, 6) is -10.1. The molecule has 4 aliphatic carbocycles. The highest BCUT2D eigenvalue weighted by atomic mass is 19.2. The summed E-state index contributed by atoms with van der Waals surface area (Å²) in [6.07, 6.45) is 5.01. The van der Waals surface area contributed by atoms with Crippen molar-refractivity contribution in [1.29, 1.82) is 0 Å². The highest BCUT2D eigenvalue weighted by molar-refractivity contribution is 5.95. The third-order valence-electron chi connectivity index (χ3n) is 5.96. The molecule has 0 aliphatic heterocycles. The van der Waals surface area contributed by atoms with E-state index in [-0.39, 0.29) is 17.9 Å². The monoisotopic (exact) mass is 345 g/mol. The van der Waals surface area contributed by atoms with Gasteiger partial charge in [0, 0.05) is 6.04 Å². The van der Waals surface area contributed by atoms with Gasteiger partial charge in [0.2, 0.25) is 5.82 Å². The van der Waals surface area contributed by atoms with Gasteiger partial charge in [-0.1, -0.05) is 0 Å². The molecule has 24 heavy (non-hydrogen) atoms. The average Bonchev–Trinajstić information content (AvgIpc) is 2.54. The minimum absolute atomic E-state index is 0.228. The van der Waals surface area contributed by atoms with Crippen molar-refractivity contribution < 1.29 is 26.7 Å². The van der Waals surface area contributed by atoms with Crippen LogP contribution < -0.4 is 5.32 Å². The predicted octanol–water partition coefficient (Wildman–Crippen LogP) is 3.94. The second kappa shape index (κ2) is 5.43. The predicted molar refractivity (Wildman–Crippen MR) is 74.5 cm³/mol. The molecule has 7 heteroatoms. The Morgan fingerprint density at radius 2 is 1.12 bits per heavy atom. The maximum absolute atomic E-state index is 13.8. The third-order valence-corrected chi connectivity index (χ3v) is 5.96. The molecular formula is C17H16F5NO. The van der Waals surface area contributed by atoms with Crippen LogP contribution >= 0.6 is 0 Å². The molecule has 130 valence electrons. The fraction of sp³-hybridized carbons (Fsp3) is 0.588. The maximum Gasteiger partial charge on any atom is 0.257 e. The summed E-state index contributed by atoms with van der Waals surface area (Å²) < 4.78 is 67.2. The minimum Gasteiger partial charge on any atom is -0.349 e. The van der Waals surface area contributed by atoms with Crippen LogP contribution in [0.3, 0.4) is 0 Å². The van der Waals surface area contributed by atoms with Gasteiger partial charge in [-0.15, -0.1) is 0 Å². The van der Waals surface area contributed by atoms with Crippen LogP contribution in [0, 0.1) is 52.8 Å². The van der Waals surface area contributed by atoms with Gasteiger partial charge in [-0.2, -0.15) is 0 Å². The van der Waals surface area contributed by atoms with Crippen molar-refractivity contribution in [2.75, 3.05) is 0 Å². The molecule has 1 aromatic rings. The van der Waals surface area contributed by atoms with Crippen molar-refractivity contribution in [3.05, 3.63) is 34.6 Å². The Labute approximate surface area is 135 Å². The van der Waals surface area contributed by atoms with Crippen molar-refractivity contribution >= 4 is 5.91 Å². The lowest BCUT2D eigenvalue weighted by atomic mass is 9.54. The van der Waals surface area contributed by atoms with E-state index in [1.165, 1.54) is 6.42 Å². The molecule has 4 saturated carbocycles. The molecule has 4 fully saturated rings. The zero-order valence-electron chi connectivity index (χ0n) is 12.7. The van der Waals surface area contributed by atoms with Crippen LogP contribution in [0.1, 0.15) is 42.5 Å². The van der Waals surface area contributed by atoms with E-state index < -0.39 is 40.6 Å². The van der Waals surface area contributed by atoms with Crippen LogP contribution in [-0.4, -0.2) is 11.9 Å². The lowest BCUT2D eigenvalue weighted by molar-refractivity contribution is -0.0120. The summed E-state index contributed by atoms with van der Waals surface area (Å²) in [5, 5.41) is 2.56. The summed E-state index contributed by atoms with van der Waals surface area (Å²) in [6, 6.07) is -0.250. The molecule has 1 aromatic carbocycles. The first-order valence-electron chi connectivity index (χ1n) is 8.19. The molecule has 0 spiro atoms. The van der Waals surface area contributed by atoms with Crippen molar-refractivity contribution in [3.8, 4) is 0 Å². The standard InChI is InChI=1S/C17H16F5NO/c18-11-10(12(19)14(21)15(22)13(11)20)17(24)23-16-8-2-6-1-7(4-8)5-9(16)3-6/h6-9,16H,1-5H2,(H,23,24). The van der Waals surface area contributed by atoms with E-state index in [0.717, 1.165) is 25.7 Å². The van der Waals surface area contributed by atoms with Crippen LogP contribution in [0.4, 0.5) is 22.0 Å². The van der Waals surface area contributed by atoms with E-state index in [1.807, 2.05) is 0 Å². The van der Waals surface area contributed by atoms with Crippen LogP contribution in [-0.2, 0) is 0 Å². The number of nitrogens with one attached hydrogen (secondary N) is 1. The van der Waals surface area contributed by atoms with Gasteiger partial charge in [0.05, 0.1) is 0 Å². The number of hydrogen-bond donors (Lipinski definition) is 1. The van der Waals surface area contributed by atoms with Crippen molar-refractivity contribution in [3.63, 3.8) is 0 Å². The summed E-state index contributed by atoms with van der Waals surface area (Å²) >= 11 is 0. The number of hydrogen-bond acceptors (Lipinski definition) is 1. The number of amides is 1. The summed E-state index contributed by atoms with van der Waals surface area (Å²) in [6.45, 7) is 0. The Bertz CT molecular complexity index is 662. The lowest BCUT2D eigenvalue weighted by Gasteiger charge is -2.54. The first-order chi connectivity index (χ1) is 11.4. The molecule has 0 aromatic heterocycles. The van der Waals surface area contributed by atoms with Crippen LogP contribution in [0.5, 0.6) is 0 Å². The largest absolute Gasteiger partial charge is 0.349 e. The smallest absolute Gasteiger partial charge is 0.257 e. The third kappa shape index (κ3) is 2.24. The Kier molecular flexibility index (Phi) is 3.58. The lowest BCUT2D eigenvalue weighted by Crippen LogP contribution is -2.56. The molecule has 0 saturated heterocycles. The zero-order valence-corrected chi connectivity index (χ0v) is 12.7. The van der Waals surface area contributed by atoms with Gasteiger partial charge < -0.3 is 5.32 Å².